The molecule has 0 radical (unpaired) electrons. The van der Waals surface area contributed by atoms with E-state index in [0.717, 1.165) is 23.7 Å². The molecule has 1 aromatic carbocycles. The lowest BCUT2D eigenvalue weighted by atomic mass is 9.72. The maximum Gasteiger partial charge on any atom is 0.243 e. The molecular weight excluding hydrogens is 360 g/mol. The van der Waals surface area contributed by atoms with Crippen LogP contribution in [0.15, 0.2) is 34.9 Å². The van der Waals surface area contributed by atoms with Crippen molar-refractivity contribution in [3.8, 4) is 12.1 Å². The molecule has 0 spiro atoms. The molecule has 0 bridgehead atoms. The molecule has 138 valence electrons. The Bertz CT molecular complexity index is 907. The minimum atomic E-state index is -0.925. The average Bonchev–Trinajstić information content (AvgIpc) is 2.65. The first-order chi connectivity index (χ1) is 12.9. The standard InChI is InChI=1S/C20H20N4O2S/c1-20(2)15(9-21)18(26)23-19(16(20)10-22)27-12-17(25)24-8-7-13-5-3-4-6-14(13)11-24/h3-6,15H,7-8,11-12H2,1-2H3,(H,23,26)/t15-/m0/s1. The minimum absolute atomic E-state index is 0.0336. The monoisotopic (exact) mass is 380 g/mol. The summed E-state index contributed by atoms with van der Waals surface area (Å²) in [6.07, 6.45) is 0.826. The maximum absolute atomic E-state index is 12.6. The van der Waals surface area contributed by atoms with E-state index in [4.69, 9.17) is 0 Å². The summed E-state index contributed by atoms with van der Waals surface area (Å²) in [7, 11) is 0. The first kappa shape index (κ1) is 19.0. The Morgan fingerprint density at radius 1 is 1.33 bits per heavy atom. The molecule has 6 nitrogen and oxygen atoms in total. The van der Waals surface area contributed by atoms with Crippen LogP contribution in [0.25, 0.3) is 0 Å². The van der Waals surface area contributed by atoms with Gasteiger partial charge in [0.15, 0.2) is 0 Å². The van der Waals surface area contributed by atoms with Crippen molar-refractivity contribution in [1.82, 2.24) is 10.2 Å². The van der Waals surface area contributed by atoms with Crippen molar-refractivity contribution < 1.29 is 9.59 Å². The third kappa shape index (κ3) is 3.56. The highest BCUT2D eigenvalue weighted by Crippen LogP contribution is 2.41. The van der Waals surface area contributed by atoms with Crippen molar-refractivity contribution in [2.75, 3.05) is 12.3 Å². The molecule has 7 heteroatoms. The van der Waals surface area contributed by atoms with Crippen molar-refractivity contribution in [1.29, 1.82) is 10.5 Å². The molecule has 2 heterocycles. The second-order valence-electron chi connectivity index (χ2n) is 7.21. The Morgan fingerprint density at radius 2 is 2.04 bits per heavy atom. The lowest BCUT2D eigenvalue weighted by Gasteiger charge is -2.34. The van der Waals surface area contributed by atoms with Crippen LogP contribution in [-0.2, 0) is 22.6 Å². The summed E-state index contributed by atoms with van der Waals surface area (Å²) in [6.45, 7) is 4.66. The predicted molar refractivity (Wildman–Crippen MR) is 102 cm³/mol. The molecule has 1 N–H and O–H groups in total. The number of carbonyl (C=O) groups excluding carboxylic acids is 2. The molecule has 0 saturated carbocycles. The van der Waals surface area contributed by atoms with E-state index in [1.807, 2.05) is 24.3 Å². The fourth-order valence-corrected chi connectivity index (χ4v) is 4.54. The number of hydrogen-bond acceptors (Lipinski definition) is 5. The van der Waals surface area contributed by atoms with Crippen LogP contribution < -0.4 is 5.32 Å². The van der Waals surface area contributed by atoms with Crippen LogP contribution in [0.1, 0.15) is 25.0 Å². The first-order valence-corrected chi connectivity index (χ1v) is 9.69. The summed E-state index contributed by atoms with van der Waals surface area (Å²) in [5.74, 6) is -1.25. The van der Waals surface area contributed by atoms with Gasteiger partial charge >= 0.3 is 0 Å². The third-order valence-electron chi connectivity index (χ3n) is 5.16. The highest BCUT2D eigenvalue weighted by atomic mass is 32.2. The van der Waals surface area contributed by atoms with Gasteiger partial charge in [0.05, 0.1) is 28.5 Å². The van der Waals surface area contributed by atoms with Crippen LogP contribution in [0, 0.1) is 34.0 Å². The molecule has 1 atom stereocenters. The zero-order chi connectivity index (χ0) is 19.6. The van der Waals surface area contributed by atoms with Crippen LogP contribution in [0.3, 0.4) is 0 Å². The molecule has 2 aliphatic rings. The van der Waals surface area contributed by atoms with Crippen molar-refractivity contribution in [3.05, 3.63) is 46.0 Å². The fraction of sp³-hybridized carbons (Fsp3) is 0.400. The molecule has 27 heavy (non-hydrogen) atoms. The number of amides is 2. The van der Waals surface area contributed by atoms with Gasteiger partial charge in [-0.25, -0.2) is 0 Å². The Labute approximate surface area is 162 Å². The summed E-state index contributed by atoms with van der Waals surface area (Å²) in [6, 6.07) is 12.2. The zero-order valence-electron chi connectivity index (χ0n) is 15.3. The summed E-state index contributed by atoms with van der Waals surface area (Å²) >= 11 is 1.16. The number of rotatable bonds is 3. The molecule has 3 rings (SSSR count). The Kier molecular flexibility index (Phi) is 5.25. The molecule has 0 unspecified atom stereocenters. The highest BCUT2D eigenvalue weighted by molar-refractivity contribution is 8.03. The van der Waals surface area contributed by atoms with E-state index < -0.39 is 17.2 Å². The van der Waals surface area contributed by atoms with Gasteiger partial charge in [0.2, 0.25) is 11.8 Å². The van der Waals surface area contributed by atoms with Gasteiger partial charge in [-0.2, -0.15) is 10.5 Å². The van der Waals surface area contributed by atoms with Gasteiger partial charge in [-0.05, 0) is 17.5 Å². The van der Waals surface area contributed by atoms with Crippen molar-refractivity contribution in [2.45, 2.75) is 26.8 Å². The van der Waals surface area contributed by atoms with E-state index in [2.05, 4.69) is 17.5 Å². The van der Waals surface area contributed by atoms with Gasteiger partial charge < -0.3 is 10.2 Å². The van der Waals surface area contributed by atoms with Gasteiger partial charge in [0, 0.05) is 18.5 Å². The van der Waals surface area contributed by atoms with Crippen molar-refractivity contribution in [2.24, 2.45) is 11.3 Å². The van der Waals surface area contributed by atoms with Crippen LogP contribution >= 0.6 is 11.8 Å². The number of allylic oxidation sites excluding steroid dienone is 1. The number of nitrogens with zero attached hydrogens (tertiary/aromatic N) is 3. The van der Waals surface area contributed by atoms with Gasteiger partial charge in [-0.15, -0.1) is 0 Å². The Balaban J connectivity index is 1.72. The smallest absolute Gasteiger partial charge is 0.243 e. The summed E-state index contributed by atoms with van der Waals surface area (Å²) in [4.78, 5) is 26.7. The molecule has 1 aromatic rings. The first-order valence-electron chi connectivity index (χ1n) is 8.71. The largest absolute Gasteiger partial charge is 0.337 e. The number of nitriles is 2. The van der Waals surface area contributed by atoms with Gasteiger partial charge in [-0.1, -0.05) is 49.9 Å². The van der Waals surface area contributed by atoms with Crippen molar-refractivity contribution >= 4 is 23.6 Å². The predicted octanol–water partition coefficient (Wildman–Crippen LogP) is 2.34. The molecule has 0 aromatic heterocycles. The molecule has 0 fully saturated rings. The number of fused-ring (bicyclic) bond motifs is 1. The topological polar surface area (TPSA) is 97.0 Å². The normalized spacial score (nSPS) is 21.0. The lowest BCUT2D eigenvalue weighted by molar-refractivity contribution is -0.129. The van der Waals surface area contributed by atoms with Gasteiger partial charge in [0.1, 0.15) is 5.92 Å². The Morgan fingerprint density at radius 3 is 2.70 bits per heavy atom. The molecule has 2 aliphatic heterocycles. The van der Waals surface area contributed by atoms with E-state index in [9.17, 15) is 20.1 Å². The molecule has 0 aliphatic carbocycles. The number of thioether (sulfide) groups is 1. The average molecular weight is 380 g/mol. The third-order valence-corrected chi connectivity index (χ3v) is 6.14. The van der Waals surface area contributed by atoms with Gasteiger partial charge in [0.25, 0.3) is 0 Å². The second kappa shape index (κ2) is 7.46. The van der Waals surface area contributed by atoms with E-state index in [1.165, 1.54) is 5.56 Å². The van der Waals surface area contributed by atoms with E-state index >= 15 is 0 Å². The summed E-state index contributed by atoms with van der Waals surface area (Å²) in [5, 5.41) is 21.8. The number of nitrogens with one attached hydrogen (secondary N) is 1. The maximum atomic E-state index is 12.6. The zero-order valence-corrected chi connectivity index (χ0v) is 16.1. The molecule has 2 amide bonds. The van der Waals surface area contributed by atoms with E-state index in [-0.39, 0.29) is 11.7 Å². The number of hydrogen-bond donors (Lipinski definition) is 1. The Hall–Kier alpha value is -2.77. The van der Waals surface area contributed by atoms with Crippen LogP contribution in [0.2, 0.25) is 0 Å². The van der Waals surface area contributed by atoms with Crippen LogP contribution in [0.5, 0.6) is 0 Å². The highest BCUT2D eigenvalue weighted by Gasteiger charge is 2.44. The van der Waals surface area contributed by atoms with E-state index in [1.54, 1.807) is 18.7 Å². The number of benzene rings is 1. The molecule has 0 saturated heterocycles. The lowest BCUT2D eigenvalue weighted by Crippen LogP contribution is -2.45. The van der Waals surface area contributed by atoms with Crippen LogP contribution in [-0.4, -0.2) is 29.0 Å². The fourth-order valence-electron chi connectivity index (χ4n) is 3.47. The van der Waals surface area contributed by atoms with Crippen LogP contribution in [0.4, 0.5) is 0 Å². The minimum Gasteiger partial charge on any atom is -0.337 e. The SMILES string of the molecule is CC1(C)C(C#N)=C(SCC(=O)N2CCc3ccccc3C2)NC(=O)[C@@H]1C#N. The van der Waals surface area contributed by atoms with Gasteiger partial charge in [-0.3, -0.25) is 9.59 Å². The molecular formula is C20H20N4O2S. The van der Waals surface area contributed by atoms with E-state index in [0.29, 0.717) is 23.7 Å². The quantitative estimate of drug-likeness (QED) is 0.868. The van der Waals surface area contributed by atoms with Crippen molar-refractivity contribution in [3.63, 3.8) is 0 Å². The number of carbonyl (C=O) groups is 2. The summed E-state index contributed by atoms with van der Waals surface area (Å²) in [5.41, 5.74) is 1.88. The second-order valence-corrected chi connectivity index (χ2v) is 8.20. The summed E-state index contributed by atoms with van der Waals surface area (Å²) < 4.78 is 0.